The highest BCUT2D eigenvalue weighted by atomic mass is 19.1. The van der Waals surface area contributed by atoms with E-state index in [-0.39, 0.29) is 17.6 Å². The Bertz CT molecular complexity index is 1290. The molecular weight excluding hydrogens is 443 g/mol. The summed E-state index contributed by atoms with van der Waals surface area (Å²) in [5, 5.41) is 5.94. The van der Waals surface area contributed by atoms with Crippen molar-refractivity contribution in [2.45, 2.75) is 27.7 Å². The Hall–Kier alpha value is -3.71. The maximum Gasteiger partial charge on any atom is 0.256 e. The number of rotatable bonds is 8. The molecule has 0 saturated carbocycles. The normalized spacial score (nSPS) is 13.9. The number of fused-ring (bicyclic) bond motifs is 1. The second-order valence-corrected chi connectivity index (χ2v) is 8.69. The van der Waals surface area contributed by atoms with Crippen molar-refractivity contribution in [2.75, 3.05) is 31.5 Å². The summed E-state index contributed by atoms with van der Waals surface area (Å²) < 4.78 is 13.5. The van der Waals surface area contributed by atoms with Crippen LogP contribution in [0.4, 0.5) is 10.1 Å². The van der Waals surface area contributed by atoms with E-state index < -0.39 is 0 Å². The first-order chi connectivity index (χ1) is 16.8. The van der Waals surface area contributed by atoms with Gasteiger partial charge in [-0.2, -0.15) is 0 Å². The Morgan fingerprint density at radius 1 is 1.09 bits per heavy atom. The zero-order chi connectivity index (χ0) is 25.1. The van der Waals surface area contributed by atoms with Crippen LogP contribution < -0.4 is 10.6 Å². The quantitative estimate of drug-likeness (QED) is 0.402. The van der Waals surface area contributed by atoms with Crippen molar-refractivity contribution in [3.05, 3.63) is 76.4 Å². The van der Waals surface area contributed by atoms with E-state index in [9.17, 15) is 14.0 Å². The third-order valence-corrected chi connectivity index (χ3v) is 6.58. The van der Waals surface area contributed by atoms with Gasteiger partial charge in [0.15, 0.2) is 0 Å². The molecular formula is C28H31FN4O2. The average molecular weight is 475 g/mol. The number of H-pyrrole nitrogens is 1. The lowest BCUT2D eigenvalue weighted by Crippen LogP contribution is -2.35. The number of aromatic nitrogens is 1. The van der Waals surface area contributed by atoms with E-state index in [1.165, 1.54) is 12.1 Å². The third kappa shape index (κ3) is 4.91. The monoisotopic (exact) mass is 474 g/mol. The van der Waals surface area contributed by atoms with Crippen molar-refractivity contribution in [3.63, 3.8) is 0 Å². The van der Waals surface area contributed by atoms with Crippen LogP contribution in [0.25, 0.3) is 22.8 Å². The Morgan fingerprint density at radius 3 is 2.49 bits per heavy atom. The van der Waals surface area contributed by atoms with Crippen LogP contribution >= 0.6 is 0 Å². The molecule has 1 aromatic heterocycles. The van der Waals surface area contributed by atoms with Crippen LogP contribution in [0.15, 0.2) is 42.5 Å². The Kier molecular flexibility index (Phi) is 7.17. The molecule has 3 N–H and O–H groups in total. The number of anilines is 1. The minimum absolute atomic E-state index is 0.128. The first kappa shape index (κ1) is 24.4. The minimum Gasteiger partial charge on any atom is -0.358 e. The fourth-order valence-electron chi connectivity index (χ4n) is 4.62. The van der Waals surface area contributed by atoms with E-state index in [2.05, 4.69) is 34.4 Å². The number of carbonyl (C=O) groups is 2. The summed E-state index contributed by atoms with van der Waals surface area (Å²) >= 11 is 0. The summed E-state index contributed by atoms with van der Waals surface area (Å²) in [5.74, 6) is -0.658. The molecule has 182 valence electrons. The van der Waals surface area contributed by atoms with Gasteiger partial charge in [-0.25, -0.2) is 4.39 Å². The number of nitrogens with one attached hydrogen (secondary N) is 3. The summed E-state index contributed by atoms with van der Waals surface area (Å²) in [6.07, 6.45) is 1.79. The van der Waals surface area contributed by atoms with E-state index in [1.54, 1.807) is 18.2 Å². The fraction of sp³-hybridized carbons (Fsp3) is 0.286. The second-order valence-electron chi connectivity index (χ2n) is 8.69. The Morgan fingerprint density at radius 2 is 1.80 bits per heavy atom. The molecule has 4 rings (SSSR count). The SMILES string of the molecule is CCN(CC)CCNC(=O)c1c(C)[nH]c(/C=C2\C(=O)Nc3cccc(-c4ccc(F)cc4)c32)c1C. The molecule has 7 heteroatoms. The molecule has 3 aromatic rings. The number of amides is 2. The van der Waals surface area contributed by atoms with Gasteiger partial charge in [-0.15, -0.1) is 0 Å². The molecule has 1 aliphatic heterocycles. The summed E-state index contributed by atoms with van der Waals surface area (Å²) in [4.78, 5) is 31.4. The largest absolute Gasteiger partial charge is 0.358 e. The van der Waals surface area contributed by atoms with Crippen molar-refractivity contribution in [2.24, 2.45) is 0 Å². The van der Waals surface area contributed by atoms with Gasteiger partial charge < -0.3 is 20.5 Å². The van der Waals surface area contributed by atoms with Gasteiger partial charge >= 0.3 is 0 Å². The molecule has 2 amide bonds. The molecule has 1 aliphatic rings. The van der Waals surface area contributed by atoms with Crippen molar-refractivity contribution in [1.82, 2.24) is 15.2 Å². The van der Waals surface area contributed by atoms with E-state index in [0.29, 0.717) is 29.1 Å². The van der Waals surface area contributed by atoms with Gasteiger partial charge in [0.2, 0.25) is 0 Å². The second kappa shape index (κ2) is 10.3. The molecule has 0 aliphatic carbocycles. The zero-order valence-electron chi connectivity index (χ0n) is 20.6. The van der Waals surface area contributed by atoms with E-state index in [4.69, 9.17) is 0 Å². The predicted octanol–water partition coefficient (Wildman–Crippen LogP) is 5.00. The van der Waals surface area contributed by atoms with Gasteiger partial charge in [-0.05, 0) is 67.9 Å². The molecule has 2 heterocycles. The standard InChI is InChI=1S/C28H31FN4O2/c1-5-33(6-2)15-14-30-28(35)25-17(3)24(31-18(25)4)16-22-26-21(19-10-12-20(29)13-11-19)8-7-9-23(26)32-27(22)34/h7-13,16,31H,5-6,14-15H2,1-4H3,(H,30,35)(H,32,34)/b22-16-. The van der Waals surface area contributed by atoms with Gasteiger partial charge in [0.1, 0.15) is 5.82 Å². The van der Waals surface area contributed by atoms with Gasteiger partial charge in [-0.3, -0.25) is 9.59 Å². The molecule has 2 aromatic carbocycles. The molecule has 0 radical (unpaired) electrons. The molecule has 0 spiro atoms. The molecule has 35 heavy (non-hydrogen) atoms. The highest BCUT2D eigenvalue weighted by molar-refractivity contribution is 6.36. The predicted molar refractivity (Wildman–Crippen MR) is 139 cm³/mol. The molecule has 6 nitrogen and oxygen atoms in total. The van der Waals surface area contributed by atoms with Crippen LogP contribution in [0.2, 0.25) is 0 Å². The van der Waals surface area contributed by atoms with Crippen molar-refractivity contribution in [1.29, 1.82) is 0 Å². The molecule has 0 saturated heterocycles. The van der Waals surface area contributed by atoms with Gasteiger partial charge in [-0.1, -0.05) is 38.1 Å². The number of benzene rings is 2. The van der Waals surface area contributed by atoms with Crippen LogP contribution in [0.5, 0.6) is 0 Å². The molecule has 0 bridgehead atoms. The average Bonchev–Trinajstić information content (AvgIpc) is 3.31. The van der Waals surface area contributed by atoms with Crippen LogP contribution in [-0.2, 0) is 4.79 Å². The molecule has 0 fully saturated rings. The number of halogens is 1. The highest BCUT2D eigenvalue weighted by Crippen LogP contribution is 2.40. The number of likely N-dealkylation sites (N-methyl/N-ethyl adjacent to an activating group) is 1. The zero-order valence-corrected chi connectivity index (χ0v) is 20.6. The van der Waals surface area contributed by atoms with Crippen molar-refractivity contribution >= 4 is 29.2 Å². The highest BCUT2D eigenvalue weighted by Gasteiger charge is 2.28. The molecule has 0 atom stereocenters. The smallest absolute Gasteiger partial charge is 0.256 e. The van der Waals surface area contributed by atoms with Crippen LogP contribution in [0.1, 0.15) is 46.7 Å². The number of aryl methyl sites for hydroxylation is 1. The number of hydrogen-bond donors (Lipinski definition) is 3. The fourth-order valence-corrected chi connectivity index (χ4v) is 4.62. The number of aromatic amines is 1. The lowest BCUT2D eigenvalue weighted by molar-refractivity contribution is -0.110. The topological polar surface area (TPSA) is 77.2 Å². The number of hydrogen-bond acceptors (Lipinski definition) is 3. The van der Waals surface area contributed by atoms with Gasteiger partial charge in [0, 0.05) is 35.7 Å². The van der Waals surface area contributed by atoms with Crippen LogP contribution in [0, 0.1) is 19.7 Å². The van der Waals surface area contributed by atoms with E-state index in [1.807, 2.05) is 32.0 Å². The van der Waals surface area contributed by atoms with E-state index in [0.717, 1.165) is 47.6 Å². The maximum absolute atomic E-state index is 13.5. The Labute approximate surface area is 205 Å². The van der Waals surface area contributed by atoms with Crippen molar-refractivity contribution < 1.29 is 14.0 Å². The van der Waals surface area contributed by atoms with Gasteiger partial charge in [0.05, 0.1) is 11.1 Å². The molecule has 0 unspecified atom stereocenters. The van der Waals surface area contributed by atoms with Crippen molar-refractivity contribution in [3.8, 4) is 11.1 Å². The lowest BCUT2D eigenvalue weighted by Gasteiger charge is -2.18. The first-order valence-electron chi connectivity index (χ1n) is 12.0. The third-order valence-electron chi connectivity index (χ3n) is 6.58. The first-order valence-corrected chi connectivity index (χ1v) is 12.0. The number of nitrogens with zero attached hydrogens (tertiary/aromatic N) is 1. The summed E-state index contributed by atoms with van der Waals surface area (Å²) in [5.41, 5.74) is 6.47. The van der Waals surface area contributed by atoms with Crippen LogP contribution in [-0.4, -0.2) is 47.9 Å². The Balaban J connectivity index is 1.66. The van der Waals surface area contributed by atoms with E-state index >= 15 is 0 Å². The van der Waals surface area contributed by atoms with Gasteiger partial charge in [0.25, 0.3) is 11.8 Å². The summed E-state index contributed by atoms with van der Waals surface area (Å²) in [6, 6.07) is 11.9. The summed E-state index contributed by atoms with van der Waals surface area (Å²) in [6.45, 7) is 11.2. The summed E-state index contributed by atoms with van der Waals surface area (Å²) in [7, 11) is 0. The van der Waals surface area contributed by atoms with Crippen LogP contribution in [0.3, 0.4) is 0 Å². The lowest BCUT2D eigenvalue weighted by atomic mass is 9.94. The minimum atomic E-state index is -0.313. The number of carbonyl (C=O) groups excluding carboxylic acids is 2. The maximum atomic E-state index is 13.5.